The van der Waals surface area contributed by atoms with Crippen molar-refractivity contribution in [2.75, 3.05) is 40.9 Å². The summed E-state index contributed by atoms with van der Waals surface area (Å²) in [6, 6.07) is -0.882. The first-order chi connectivity index (χ1) is 39.4. The molecule has 0 aromatic heterocycles. The van der Waals surface area contributed by atoms with Crippen molar-refractivity contribution < 1.29 is 37.3 Å². The summed E-state index contributed by atoms with van der Waals surface area (Å²) in [5.41, 5.74) is 0. The van der Waals surface area contributed by atoms with Gasteiger partial charge in [-0.15, -0.1) is 0 Å². The van der Waals surface area contributed by atoms with E-state index in [2.05, 4.69) is 99.0 Å². The van der Waals surface area contributed by atoms with Gasteiger partial charge < -0.3 is 19.4 Å². The quantitative estimate of drug-likeness (QED) is 0.0156. The van der Waals surface area contributed by atoms with Gasteiger partial charge in [0.05, 0.1) is 33.8 Å². The van der Waals surface area contributed by atoms with Gasteiger partial charge in [-0.05, 0) is 96.0 Å². The minimum Gasteiger partial charge on any atom is -0.456 e. The number of quaternary nitrogens is 1. The van der Waals surface area contributed by atoms with Gasteiger partial charge in [-0.25, -0.2) is 4.57 Å². The molecular weight excluding hydrogens is 1020 g/mol. The molecule has 3 atom stereocenters. The summed E-state index contributed by atoms with van der Waals surface area (Å²) in [4.78, 5) is 37.8. The zero-order valence-electron chi connectivity index (χ0n) is 52.5. The number of allylic oxidation sites excluding steroid dienone is 23. The Morgan fingerprint density at radius 1 is 0.457 bits per heavy atom. The highest BCUT2D eigenvalue weighted by Crippen LogP contribution is 2.43. The molecule has 81 heavy (non-hydrogen) atoms. The average Bonchev–Trinajstić information content (AvgIpc) is 3.44. The molecule has 0 bridgehead atoms. The zero-order valence-corrected chi connectivity index (χ0v) is 53.4. The van der Waals surface area contributed by atoms with Gasteiger partial charge in [0.15, 0.2) is 0 Å². The van der Waals surface area contributed by atoms with Crippen LogP contribution in [0.4, 0.5) is 0 Å². The maximum absolute atomic E-state index is 13.6. The van der Waals surface area contributed by atoms with Crippen molar-refractivity contribution in [3.63, 3.8) is 0 Å². The van der Waals surface area contributed by atoms with Gasteiger partial charge in [0.25, 0.3) is 0 Å². The molecule has 0 radical (unpaired) electrons. The van der Waals surface area contributed by atoms with Crippen LogP contribution in [0.2, 0.25) is 0 Å². The Balaban J connectivity index is 5.29. The van der Waals surface area contributed by atoms with Crippen molar-refractivity contribution >= 4 is 19.7 Å². The van der Waals surface area contributed by atoms with E-state index in [1.54, 1.807) is 0 Å². The van der Waals surface area contributed by atoms with E-state index in [0.29, 0.717) is 23.9 Å². The second-order valence-corrected chi connectivity index (χ2v) is 23.8. The molecule has 9 nitrogen and oxygen atoms in total. The molecule has 2 N–H and O–H groups in total. The predicted molar refractivity (Wildman–Crippen MR) is 350 cm³/mol. The molecule has 0 saturated carbocycles. The Bertz CT molecular complexity index is 1890. The maximum Gasteiger partial charge on any atom is 0.472 e. The number of unbranched alkanes of at least 4 members (excludes halogenated alkanes) is 23. The molecule has 0 aliphatic rings. The highest BCUT2D eigenvalue weighted by atomic mass is 31.2. The van der Waals surface area contributed by atoms with Crippen LogP contribution < -0.4 is 5.32 Å². The number of rotatable bonds is 56. The summed E-state index contributed by atoms with van der Waals surface area (Å²) in [5, 5.41) is 3.04. The number of phosphoric ester groups is 1. The van der Waals surface area contributed by atoms with E-state index in [-0.39, 0.29) is 31.5 Å². The molecule has 0 aliphatic carbocycles. The van der Waals surface area contributed by atoms with Crippen LogP contribution in [-0.4, -0.2) is 74.3 Å². The van der Waals surface area contributed by atoms with Gasteiger partial charge in [-0.1, -0.05) is 276 Å². The van der Waals surface area contributed by atoms with Crippen LogP contribution in [0.3, 0.4) is 0 Å². The third-order valence-corrected chi connectivity index (χ3v) is 14.4. The topological polar surface area (TPSA) is 111 Å². The monoisotopic (exact) mass is 1140 g/mol. The summed E-state index contributed by atoms with van der Waals surface area (Å²) in [5.74, 6) is -0.573. The molecule has 0 fully saturated rings. The molecule has 0 rings (SSSR count). The van der Waals surface area contributed by atoms with Crippen LogP contribution in [-0.2, 0) is 27.9 Å². The smallest absolute Gasteiger partial charge is 0.456 e. The minimum atomic E-state index is -4.47. The molecule has 1 amide bonds. The number of esters is 1. The van der Waals surface area contributed by atoms with E-state index in [0.717, 1.165) is 109 Å². The lowest BCUT2D eigenvalue weighted by atomic mass is 10.0. The molecule has 0 aromatic carbocycles. The van der Waals surface area contributed by atoms with Crippen molar-refractivity contribution in [2.45, 2.75) is 251 Å². The highest BCUT2D eigenvalue weighted by molar-refractivity contribution is 7.47. The lowest BCUT2D eigenvalue weighted by molar-refractivity contribution is -0.870. The van der Waals surface area contributed by atoms with Crippen LogP contribution in [0.1, 0.15) is 239 Å². The Morgan fingerprint density at radius 3 is 1.35 bits per heavy atom. The minimum absolute atomic E-state index is 0.0228. The number of amides is 1. The van der Waals surface area contributed by atoms with Crippen LogP contribution in [0.25, 0.3) is 0 Å². The third-order valence-electron chi connectivity index (χ3n) is 13.4. The number of nitrogens with zero attached hydrogens (tertiary/aromatic N) is 1. The first-order valence-electron chi connectivity index (χ1n) is 32.2. The van der Waals surface area contributed by atoms with Crippen LogP contribution in [0, 0.1) is 0 Å². The van der Waals surface area contributed by atoms with Crippen molar-refractivity contribution in [1.82, 2.24) is 5.32 Å². The summed E-state index contributed by atoms with van der Waals surface area (Å²) in [6.45, 7) is 6.70. The third kappa shape index (κ3) is 60.3. The molecule has 460 valence electrons. The van der Waals surface area contributed by atoms with E-state index >= 15 is 0 Å². The fourth-order valence-corrected chi connectivity index (χ4v) is 9.26. The summed E-state index contributed by atoms with van der Waals surface area (Å²) in [7, 11) is 1.44. The second kappa shape index (κ2) is 59.1. The molecule has 3 unspecified atom stereocenters. The van der Waals surface area contributed by atoms with E-state index in [4.69, 9.17) is 13.8 Å². The Morgan fingerprint density at radius 2 is 0.852 bits per heavy atom. The van der Waals surface area contributed by atoms with Gasteiger partial charge in [-0.2, -0.15) is 0 Å². The van der Waals surface area contributed by atoms with Gasteiger partial charge in [0.2, 0.25) is 5.91 Å². The highest BCUT2D eigenvalue weighted by Gasteiger charge is 2.30. The number of hydrogen-bond acceptors (Lipinski definition) is 6. The zero-order chi connectivity index (χ0) is 59.3. The van der Waals surface area contributed by atoms with Gasteiger partial charge in [0, 0.05) is 12.8 Å². The fourth-order valence-electron chi connectivity index (χ4n) is 8.53. The van der Waals surface area contributed by atoms with E-state index in [9.17, 15) is 19.0 Å². The normalized spacial score (nSPS) is 14.6. The van der Waals surface area contributed by atoms with Crippen LogP contribution in [0.15, 0.2) is 146 Å². The predicted octanol–water partition coefficient (Wildman–Crippen LogP) is 20.2. The van der Waals surface area contributed by atoms with Gasteiger partial charge in [0.1, 0.15) is 19.3 Å². The van der Waals surface area contributed by atoms with Gasteiger partial charge in [-0.3, -0.25) is 18.6 Å². The summed E-state index contributed by atoms with van der Waals surface area (Å²) in [6.07, 6.45) is 85.6. The number of carbonyl (C=O) groups is 2. The van der Waals surface area contributed by atoms with Crippen molar-refractivity contribution in [3.05, 3.63) is 146 Å². The van der Waals surface area contributed by atoms with E-state index in [1.807, 2.05) is 94.1 Å². The lowest BCUT2D eigenvalue weighted by Gasteiger charge is -2.27. The number of carbonyl (C=O) groups excluding carboxylic acids is 2. The second-order valence-electron chi connectivity index (χ2n) is 22.3. The maximum atomic E-state index is 13.6. The Labute approximate surface area is 498 Å². The number of hydrogen-bond donors (Lipinski definition) is 2. The Hall–Kier alpha value is -4.11. The van der Waals surface area contributed by atoms with Crippen molar-refractivity contribution in [1.29, 1.82) is 0 Å². The lowest BCUT2D eigenvalue weighted by Crippen LogP contribution is -2.47. The molecule has 10 heteroatoms. The molecule has 0 heterocycles. The fraction of sp³-hybridized carbons (Fsp3) is 0.634. The number of phosphoric acid groups is 1. The molecule has 0 saturated heterocycles. The van der Waals surface area contributed by atoms with Crippen molar-refractivity contribution in [3.8, 4) is 0 Å². The Kier molecular flexibility index (Phi) is 56.1. The largest absolute Gasteiger partial charge is 0.472 e. The van der Waals surface area contributed by atoms with E-state index in [1.165, 1.54) is 89.9 Å². The average molecular weight is 1140 g/mol. The standard InChI is InChI=1S/C71H119N2O7P/c1-7-10-13-16-19-22-25-28-30-32-33-34-35-36-37-38-39-41-42-45-48-51-54-57-60-63-70(74)72-68(67-79-81(76,77)78-66-65-73(4,5)6)69(62-59-56-53-50-47-44-27-24-21-18-15-12-9-3)80-71(75)64-61-58-55-52-49-46-43-40-31-29-26-23-20-17-14-11-8-2/h10-11,13-14,17,19-20,22-23,26,28-31,33-34,36-37,40,43,46,49,59,62,68-69H,7-9,12,15-16,18,21,24-25,27,32,35,38-39,41-42,44-45,47-48,50-58,60-61,63-67H2,1-6H3,(H-,72,74,76,77)/p+1/b13-10-,14-11-,20-17+,22-19-,26-23+,30-28-,31-29-,34-33-,37-36-,43-40+,49-46+,62-59-. The molecule has 0 aromatic rings. The number of likely N-dealkylation sites (N-methyl/N-ethyl adjacent to an activating group) is 1. The first-order valence-corrected chi connectivity index (χ1v) is 33.7. The van der Waals surface area contributed by atoms with E-state index < -0.39 is 20.0 Å². The van der Waals surface area contributed by atoms with Gasteiger partial charge >= 0.3 is 13.8 Å². The summed E-state index contributed by atoms with van der Waals surface area (Å²) >= 11 is 0. The number of nitrogens with one attached hydrogen (secondary N) is 1. The van der Waals surface area contributed by atoms with Crippen LogP contribution >= 0.6 is 7.82 Å². The number of ether oxygens (including phenoxy) is 1. The van der Waals surface area contributed by atoms with Crippen LogP contribution in [0.5, 0.6) is 0 Å². The SMILES string of the molecule is CC\C=C/C=C/C=C/C=C\C=C\C=C\CCCCCC(=O)OC(/C=C\CCCCCCCCCCCCC)C(COP(=O)(O)OCC[N+](C)(C)C)NC(=O)CCCCCCCCCCC/C=C\C/C=C\C/C=C\C/C=C\C/C=C\CC. The first kappa shape index (κ1) is 76.9. The molecule has 0 spiro atoms. The molecular formula is C71H120N2O7P+. The summed E-state index contributed by atoms with van der Waals surface area (Å²) < 4.78 is 30.7. The molecule has 0 aliphatic heterocycles. The van der Waals surface area contributed by atoms with Crippen molar-refractivity contribution in [2.24, 2.45) is 0 Å².